The normalized spacial score (nSPS) is 11.1. The van der Waals surface area contributed by atoms with Crippen LogP contribution in [0.2, 0.25) is 0 Å². The number of benzene rings is 2. The Morgan fingerprint density at radius 3 is 2.14 bits per heavy atom. The number of methoxy groups -OCH3 is 2. The first-order valence-electron chi connectivity index (χ1n) is 5.90. The summed E-state index contributed by atoms with van der Waals surface area (Å²) in [7, 11) is -1.58. The van der Waals surface area contributed by atoms with Gasteiger partial charge in [-0.2, -0.15) is 0 Å². The Bertz CT molecular complexity index is 753. The molecule has 0 aliphatic heterocycles. The molecule has 21 heavy (non-hydrogen) atoms. The summed E-state index contributed by atoms with van der Waals surface area (Å²) in [6.45, 7) is 0. The lowest BCUT2D eigenvalue weighted by atomic mass is 10.2. The summed E-state index contributed by atoms with van der Waals surface area (Å²) in [6.07, 6.45) is 0. The summed E-state index contributed by atoms with van der Waals surface area (Å²) in [5.74, 6) is -1.51. The predicted octanol–water partition coefficient (Wildman–Crippen LogP) is 1.95. The lowest BCUT2D eigenvalue weighted by molar-refractivity contribution is 0.324. The summed E-state index contributed by atoms with van der Waals surface area (Å²) in [4.78, 5) is -0.530. The van der Waals surface area contributed by atoms with Gasteiger partial charge in [-0.25, -0.2) is 8.42 Å². The lowest BCUT2D eigenvalue weighted by Gasteiger charge is -2.15. The molecule has 0 aliphatic rings. The molecule has 0 aliphatic carbocycles. The number of phenols is 2. The molecule has 112 valence electrons. The quantitative estimate of drug-likeness (QED) is 0.838. The summed E-state index contributed by atoms with van der Waals surface area (Å²) < 4.78 is 35.0. The second kappa shape index (κ2) is 5.53. The van der Waals surface area contributed by atoms with Gasteiger partial charge < -0.3 is 19.7 Å². The number of hydrogen-bond donors (Lipinski definition) is 2. The molecule has 0 atom stereocenters. The van der Waals surface area contributed by atoms with Crippen molar-refractivity contribution in [3.05, 3.63) is 36.4 Å². The van der Waals surface area contributed by atoms with E-state index >= 15 is 0 Å². The van der Waals surface area contributed by atoms with Crippen LogP contribution in [0.3, 0.4) is 0 Å². The first-order valence-corrected chi connectivity index (χ1v) is 7.38. The van der Waals surface area contributed by atoms with Gasteiger partial charge in [0, 0.05) is 6.07 Å². The molecular weight excluding hydrogens is 296 g/mol. The fourth-order valence-electron chi connectivity index (χ4n) is 1.92. The molecule has 6 nitrogen and oxygen atoms in total. The number of sulfone groups is 1. The van der Waals surface area contributed by atoms with Crippen LogP contribution in [0.1, 0.15) is 0 Å². The van der Waals surface area contributed by atoms with Crippen molar-refractivity contribution in [2.24, 2.45) is 0 Å². The summed E-state index contributed by atoms with van der Waals surface area (Å²) in [6, 6.07) is 8.57. The standard InChI is InChI=1S/C14H14O6S/c1-19-11-8-10(15)14(13(20-2)12(11)16)21(17,18)9-6-4-3-5-7-9/h3-8,15-16H,1-2H3. The van der Waals surface area contributed by atoms with Crippen LogP contribution in [-0.4, -0.2) is 32.9 Å². The van der Waals surface area contributed by atoms with Crippen molar-refractivity contribution in [1.29, 1.82) is 0 Å². The van der Waals surface area contributed by atoms with Gasteiger partial charge in [0.05, 0.1) is 19.1 Å². The minimum Gasteiger partial charge on any atom is -0.506 e. The Morgan fingerprint density at radius 2 is 1.62 bits per heavy atom. The summed E-state index contributed by atoms with van der Waals surface area (Å²) >= 11 is 0. The highest BCUT2D eigenvalue weighted by Crippen LogP contribution is 2.47. The molecule has 2 N–H and O–H groups in total. The van der Waals surface area contributed by atoms with E-state index in [1.165, 1.54) is 26.4 Å². The van der Waals surface area contributed by atoms with Gasteiger partial charge in [0.2, 0.25) is 15.6 Å². The molecule has 0 saturated heterocycles. The maximum atomic E-state index is 12.6. The van der Waals surface area contributed by atoms with Crippen LogP contribution in [0, 0.1) is 0 Å². The van der Waals surface area contributed by atoms with Gasteiger partial charge >= 0.3 is 0 Å². The van der Waals surface area contributed by atoms with Crippen LogP contribution in [0.15, 0.2) is 46.2 Å². The van der Waals surface area contributed by atoms with Gasteiger partial charge in [-0.3, -0.25) is 0 Å². The Hall–Kier alpha value is -2.41. The fourth-order valence-corrected chi connectivity index (χ4v) is 3.43. The van der Waals surface area contributed by atoms with Crippen molar-refractivity contribution >= 4 is 9.84 Å². The largest absolute Gasteiger partial charge is 0.506 e. The van der Waals surface area contributed by atoms with Crippen molar-refractivity contribution < 1.29 is 28.1 Å². The van der Waals surface area contributed by atoms with Crippen molar-refractivity contribution in [1.82, 2.24) is 0 Å². The smallest absolute Gasteiger partial charge is 0.214 e. The molecule has 0 bridgehead atoms. The third kappa shape index (κ3) is 2.47. The highest BCUT2D eigenvalue weighted by molar-refractivity contribution is 7.91. The average molecular weight is 310 g/mol. The van der Waals surface area contributed by atoms with E-state index in [1.807, 2.05) is 0 Å². The number of ether oxygens (including phenoxy) is 2. The molecule has 0 saturated carbocycles. The van der Waals surface area contributed by atoms with Crippen LogP contribution < -0.4 is 9.47 Å². The molecule has 2 aromatic carbocycles. The zero-order valence-corrected chi connectivity index (χ0v) is 12.2. The molecule has 0 radical (unpaired) electrons. The molecule has 0 amide bonds. The molecule has 7 heteroatoms. The topological polar surface area (TPSA) is 93.1 Å². The molecule has 0 unspecified atom stereocenters. The average Bonchev–Trinajstić information content (AvgIpc) is 2.49. The number of hydrogen-bond acceptors (Lipinski definition) is 6. The zero-order valence-electron chi connectivity index (χ0n) is 11.4. The maximum Gasteiger partial charge on any atom is 0.214 e. The lowest BCUT2D eigenvalue weighted by Crippen LogP contribution is -2.05. The first kappa shape index (κ1) is 15.0. The molecule has 0 fully saturated rings. The van der Waals surface area contributed by atoms with Gasteiger partial charge in [0.15, 0.2) is 16.4 Å². The van der Waals surface area contributed by atoms with Crippen LogP contribution in [0.5, 0.6) is 23.0 Å². The second-order valence-corrected chi connectivity index (χ2v) is 6.01. The molecule has 0 spiro atoms. The van der Waals surface area contributed by atoms with E-state index in [1.54, 1.807) is 18.2 Å². The zero-order chi connectivity index (χ0) is 15.6. The van der Waals surface area contributed by atoms with E-state index in [4.69, 9.17) is 9.47 Å². The van der Waals surface area contributed by atoms with Crippen LogP contribution in [0.25, 0.3) is 0 Å². The Labute approximate surface area is 122 Å². The van der Waals surface area contributed by atoms with E-state index in [0.29, 0.717) is 0 Å². The van der Waals surface area contributed by atoms with Crippen LogP contribution in [0.4, 0.5) is 0 Å². The van der Waals surface area contributed by atoms with Crippen molar-refractivity contribution in [3.8, 4) is 23.0 Å². The third-order valence-corrected chi connectivity index (χ3v) is 4.73. The van der Waals surface area contributed by atoms with Gasteiger partial charge in [-0.15, -0.1) is 0 Å². The Balaban J connectivity index is 2.78. The van der Waals surface area contributed by atoms with Crippen molar-refractivity contribution in [2.75, 3.05) is 14.2 Å². The Kier molecular flexibility index (Phi) is 3.95. The van der Waals surface area contributed by atoms with E-state index in [9.17, 15) is 18.6 Å². The van der Waals surface area contributed by atoms with Crippen molar-refractivity contribution in [3.63, 3.8) is 0 Å². The maximum absolute atomic E-state index is 12.6. The van der Waals surface area contributed by atoms with Gasteiger partial charge in [0.25, 0.3) is 0 Å². The van der Waals surface area contributed by atoms with Crippen molar-refractivity contribution in [2.45, 2.75) is 9.79 Å². The monoisotopic (exact) mass is 310 g/mol. The Morgan fingerprint density at radius 1 is 1.00 bits per heavy atom. The first-order chi connectivity index (χ1) is 9.93. The SMILES string of the molecule is COc1cc(O)c(S(=O)(=O)c2ccccc2)c(OC)c1O. The minimum absolute atomic E-state index is 0.0248. The summed E-state index contributed by atoms with van der Waals surface area (Å²) in [5, 5.41) is 20.0. The molecule has 0 aromatic heterocycles. The minimum atomic E-state index is -4.05. The van der Waals surface area contributed by atoms with Gasteiger partial charge in [0.1, 0.15) is 5.75 Å². The number of aromatic hydroxyl groups is 2. The third-order valence-electron chi connectivity index (χ3n) is 2.90. The van der Waals surface area contributed by atoms with Crippen LogP contribution in [-0.2, 0) is 9.84 Å². The molecule has 0 heterocycles. The van der Waals surface area contributed by atoms with E-state index in [-0.39, 0.29) is 16.4 Å². The molecular formula is C14H14O6S. The number of rotatable bonds is 4. The van der Waals surface area contributed by atoms with E-state index in [2.05, 4.69) is 0 Å². The number of phenolic OH excluding ortho intramolecular Hbond substituents is 2. The predicted molar refractivity (Wildman–Crippen MR) is 74.8 cm³/mol. The molecule has 2 rings (SSSR count). The summed E-state index contributed by atoms with van der Waals surface area (Å²) in [5.41, 5.74) is 0. The molecule has 2 aromatic rings. The highest BCUT2D eigenvalue weighted by Gasteiger charge is 2.30. The van der Waals surface area contributed by atoms with E-state index < -0.39 is 26.2 Å². The van der Waals surface area contributed by atoms with Crippen LogP contribution >= 0.6 is 0 Å². The fraction of sp³-hybridized carbons (Fsp3) is 0.143. The second-order valence-electron chi connectivity index (χ2n) is 4.13. The van der Waals surface area contributed by atoms with Gasteiger partial charge in [-0.05, 0) is 12.1 Å². The highest BCUT2D eigenvalue weighted by atomic mass is 32.2. The van der Waals surface area contributed by atoms with Gasteiger partial charge in [-0.1, -0.05) is 18.2 Å². The van der Waals surface area contributed by atoms with E-state index in [0.717, 1.165) is 6.07 Å².